The summed E-state index contributed by atoms with van der Waals surface area (Å²) in [6.07, 6.45) is 4.15. The Bertz CT molecular complexity index is 531. The highest BCUT2D eigenvalue weighted by atomic mass is 16.1. The predicted molar refractivity (Wildman–Crippen MR) is 64.9 cm³/mol. The molecule has 2 heterocycles. The summed E-state index contributed by atoms with van der Waals surface area (Å²) in [6.45, 7) is 3.89. The fraction of sp³-hybridized carbons (Fsp3) is 0.364. The van der Waals surface area contributed by atoms with Gasteiger partial charge >= 0.3 is 0 Å². The third-order valence-corrected chi connectivity index (χ3v) is 2.42. The molecule has 6 nitrogen and oxygen atoms in total. The third-order valence-electron chi connectivity index (χ3n) is 2.42. The molecule has 0 saturated carbocycles. The van der Waals surface area contributed by atoms with E-state index < -0.39 is 0 Å². The van der Waals surface area contributed by atoms with Crippen LogP contribution in [-0.4, -0.2) is 19.9 Å². The second-order valence-corrected chi connectivity index (χ2v) is 3.77. The van der Waals surface area contributed by atoms with Gasteiger partial charge in [-0.25, -0.2) is 9.97 Å². The van der Waals surface area contributed by atoms with E-state index in [-0.39, 0.29) is 11.6 Å². The SMILES string of the molecule is CCc1nc(NC(C)c2ncc[nH]2)cc(=O)[nH]1. The molecule has 0 fully saturated rings. The molecule has 17 heavy (non-hydrogen) atoms. The van der Waals surface area contributed by atoms with Crippen molar-refractivity contribution in [3.8, 4) is 0 Å². The van der Waals surface area contributed by atoms with Crippen molar-refractivity contribution < 1.29 is 0 Å². The van der Waals surface area contributed by atoms with Gasteiger partial charge in [-0.2, -0.15) is 0 Å². The van der Waals surface area contributed by atoms with Gasteiger partial charge in [0.05, 0.1) is 6.04 Å². The molecule has 1 unspecified atom stereocenters. The maximum atomic E-state index is 11.4. The summed E-state index contributed by atoms with van der Waals surface area (Å²) in [6, 6.07) is 1.42. The van der Waals surface area contributed by atoms with E-state index >= 15 is 0 Å². The van der Waals surface area contributed by atoms with Crippen molar-refractivity contribution >= 4 is 5.82 Å². The number of aromatic amines is 2. The van der Waals surface area contributed by atoms with E-state index in [0.717, 1.165) is 5.82 Å². The summed E-state index contributed by atoms with van der Waals surface area (Å²) < 4.78 is 0. The van der Waals surface area contributed by atoms with E-state index in [1.165, 1.54) is 6.07 Å². The molecule has 0 aliphatic carbocycles. The zero-order valence-corrected chi connectivity index (χ0v) is 9.82. The number of H-pyrrole nitrogens is 2. The Morgan fingerprint density at radius 1 is 1.53 bits per heavy atom. The van der Waals surface area contributed by atoms with Gasteiger partial charge in [0.25, 0.3) is 5.56 Å². The van der Waals surface area contributed by atoms with Crippen LogP contribution in [0.4, 0.5) is 5.82 Å². The van der Waals surface area contributed by atoms with Crippen molar-refractivity contribution in [2.75, 3.05) is 5.32 Å². The molecule has 2 aromatic rings. The molecule has 3 N–H and O–H groups in total. The standard InChI is InChI=1S/C11H15N5O/c1-3-8-15-9(6-10(17)16-8)14-7(2)11-12-4-5-13-11/h4-7H,3H2,1-2H3,(H,12,13)(H2,14,15,16,17). The molecule has 0 bridgehead atoms. The van der Waals surface area contributed by atoms with Gasteiger partial charge in [0.1, 0.15) is 17.5 Å². The first kappa shape index (κ1) is 11.4. The van der Waals surface area contributed by atoms with Crippen LogP contribution in [0.25, 0.3) is 0 Å². The van der Waals surface area contributed by atoms with E-state index in [1.807, 2.05) is 13.8 Å². The zero-order valence-electron chi connectivity index (χ0n) is 9.82. The largest absolute Gasteiger partial charge is 0.360 e. The van der Waals surface area contributed by atoms with Crippen LogP contribution < -0.4 is 10.9 Å². The summed E-state index contributed by atoms with van der Waals surface area (Å²) in [5.41, 5.74) is -0.147. The average Bonchev–Trinajstić information content (AvgIpc) is 2.81. The van der Waals surface area contributed by atoms with Crippen LogP contribution in [0.5, 0.6) is 0 Å². The molecule has 0 amide bonds. The van der Waals surface area contributed by atoms with Gasteiger partial charge in [0.15, 0.2) is 0 Å². The number of aryl methyl sites for hydroxylation is 1. The molecule has 1 atom stereocenters. The molecule has 0 radical (unpaired) electrons. The smallest absolute Gasteiger partial charge is 0.252 e. The Morgan fingerprint density at radius 3 is 3.00 bits per heavy atom. The second-order valence-electron chi connectivity index (χ2n) is 3.77. The van der Waals surface area contributed by atoms with Gasteiger partial charge in [-0.3, -0.25) is 4.79 Å². The number of hydrogen-bond acceptors (Lipinski definition) is 4. The Balaban J connectivity index is 2.18. The van der Waals surface area contributed by atoms with Crippen molar-refractivity contribution in [1.29, 1.82) is 0 Å². The normalized spacial score (nSPS) is 12.4. The topological polar surface area (TPSA) is 86.5 Å². The summed E-state index contributed by atoms with van der Waals surface area (Å²) in [4.78, 5) is 25.5. The van der Waals surface area contributed by atoms with E-state index in [1.54, 1.807) is 12.4 Å². The first-order valence-electron chi connectivity index (χ1n) is 5.55. The minimum absolute atomic E-state index is 0.0241. The highest BCUT2D eigenvalue weighted by Crippen LogP contribution is 2.12. The number of rotatable bonds is 4. The monoisotopic (exact) mass is 233 g/mol. The van der Waals surface area contributed by atoms with Crippen molar-refractivity contribution in [3.05, 3.63) is 40.5 Å². The van der Waals surface area contributed by atoms with Crippen molar-refractivity contribution in [2.24, 2.45) is 0 Å². The van der Waals surface area contributed by atoms with E-state index in [4.69, 9.17) is 0 Å². The van der Waals surface area contributed by atoms with Crippen LogP contribution in [0, 0.1) is 0 Å². The molecule has 0 saturated heterocycles. The maximum absolute atomic E-state index is 11.4. The Labute approximate surface area is 98.5 Å². The lowest BCUT2D eigenvalue weighted by Crippen LogP contribution is -2.15. The first-order valence-corrected chi connectivity index (χ1v) is 5.55. The summed E-state index contributed by atoms with van der Waals surface area (Å²) in [7, 11) is 0. The Kier molecular flexibility index (Phi) is 3.22. The quantitative estimate of drug-likeness (QED) is 0.741. The zero-order chi connectivity index (χ0) is 12.3. The van der Waals surface area contributed by atoms with Gasteiger partial charge in [-0.15, -0.1) is 0 Å². The summed E-state index contributed by atoms with van der Waals surface area (Å²) in [5.74, 6) is 2.05. The Hall–Kier alpha value is -2.11. The fourth-order valence-electron chi connectivity index (χ4n) is 1.55. The van der Waals surface area contributed by atoms with Crippen LogP contribution in [0.15, 0.2) is 23.3 Å². The van der Waals surface area contributed by atoms with E-state index in [0.29, 0.717) is 18.1 Å². The minimum Gasteiger partial charge on any atom is -0.360 e. The number of nitrogens with zero attached hydrogens (tertiary/aromatic N) is 2. The van der Waals surface area contributed by atoms with Gasteiger partial charge in [-0.1, -0.05) is 6.92 Å². The molecular weight excluding hydrogens is 218 g/mol. The average molecular weight is 233 g/mol. The summed E-state index contributed by atoms with van der Waals surface area (Å²) >= 11 is 0. The molecule has 90 valence electrons. The van der Waals surface area contributed by atoms with Gasteiger partial charge in [0, 0.05) is 24.9 Å². The molecule has 6 heteroatoms. The summed E-state index contributed by atoms with van der Waals surface area (Å²) in [5, 5.41) is 3.13. The van der Waals surface area contributed by atoms with E-state index in [2.05, 4.69) is 25.3 Å². The van der Waals surface area contributed by atoms with E-state index in [9.17, 15) is 4.79 Å². The maximum Gasteiger partial charge on any atom is 0.252 e. The van der Waals surface area contributed by atoms with Crippen LogP contribution in [0.1, 0.15) is 31.5 Å². The van der Waals surface area contributed by atoms with Crippen molar-refractivity contribution in [2.45, 2.75) is 26.3 Å². The Morgan fingerprint density at radius 2 is 2.35 bits per heavy atom. The first-order chi connectivity index (χ1) is 8.19. The van der Waals surface area contributed by atoms with Gasteiger partial charge < -0.3 is 15.3 Å². The molecule has 0 aromatic carbocycles. The number of anilines is 1. The minimum atomic E-state index is -0.147. The van der Waals surface area contributed by atoms with Crippen LogP contribution in [0.3, 0.4) is 0 Å². The highest BCUT2D eigenvalue weighted by molar-refractivity contribution is 5.35. The van der Waals surface area contributed by atoms with Crippen molar-refractivity contribution in [1.82, 2.24) is 19.9 Å². The highest BCUT2D eigenvalue weighted by Gasteiger charge is 2.08. The lowest BCUT2D eigenvalue weighted by molar-refractivity contribution is 0.795. The number of imidazole rings is 1. The van der Waals surface area contributed by atoms with Crippen LogP contribution in [0.2, 0.25) is 0 Å². The number of aromatic nitrogens is 4. The van der Waals surface area contributed by atoms with Crippen molar-refractivity contribution in [3.63, 3.8) is 0 Å². The fourth-order valence-corrected chi connectivity index (χ4v) is 1.55. The number of hydrogen-bond donors (Lipinski definition) is 3. The molecule has 0 aliphatic heterocycles. The lowest BCUT2D eigenvalue weighted by Gasteiger charge is -2.12. The molecular formula is C11H15N5O. The van der Waals surface area contributed by atoms with Crippen LogP contribution in [-0.2, 0) is 6.42 Å². The molecule has 0 aliphatic rings. The third kappa shape index (κ3) is 2.72. The molecule has 2 rings (SSSR count). The second kappa shape index (κ2) is 4.82. The van der Waals surface area contributed by atoms with Crippen LogP contribution >= 0.6 is 0 Å². The molecule has 2 aromatic heterocycles. The molecule has 0 spiro atoms. The number of nitrogens with one attached hydrogen (secondary N) is 3. The van der Waals surface area contributed by atoms with Gasteiger partial charge in [0.2, 0.25) is 0 Å². The van der Waals surface area contributed by atoms with Gasteiger partial charge in [-0.05, 0) is 6.92 Å². The lowest BCUT2D eigenvalue weighted by atomic mass is 10.3. The predicted octanol–water partition coefficient (Wildman–Crippen LogP) is 1.23.